The van der Waals surface area contributed by atoms with E-state index in [0.717, 1.165) is 25.0 Å². The zero-order valence-electron chi connectivity index (χ0n) is 16.0. The summed E-state index contributed by atoms with van der Waals surface area (Å²) >= 11 is 1.75. The number of unbranched alkanes of at least 4 members (excludes halogenated alkanes) is 2. The molecule has 0 spiro atoms. The Morgan fingerprint density at radius 1 is 1.42 bits per heavy atom. The molecule has 2 atom stereocenters. The Kier molecular flexibility index (Phi) is 8.49. The lowest BCUT2D eigenvalue weighted by Gasteiger charge is -2.36. The number of allylic oxidation sites excluding steroid dienone is 6. The fraction of sp³-hybridized carbons (Fsp3) is 0.619. The summed E-state index contributed by atoms with van der Waals surface area (Å²) in [5, 5.41) is 2.89. The number of hydrogen-bond acceptors (Lipinski definition) is 4. The number of cyclic esters (lactones) is 1. The van der Waals surface area contributed by atoms with Gasteiger partial charge in [-0.3, -0.25) is 4.79 Å². The van der Waals surface area contributed by atoms with Crippen molar-refractivity contribution in [2.45, 2.75) is 76.9 Å². The molecule has 0 radical (unpaired) electrons. The number of amides is 1. The van der Waals surface area contributed by atoms with Crippen LogP contribution in [0.3, 0.4) is 0 Å². The Balaban J connectivity index is 1.69. The lowest BCUT2D eigenvalue weighted by atomic mass is 9.91. The van der Waals surface area contributed by atoms with Crippen LogP contribution in [-0.4, -0.2) is 29.3 Å². The molecule has 1 aliphatic heterocycles. The Hall–Kier alpha value is -1.49. The Morgan fingerprint density at radius 2 is 2.23 bits per heavy atom. The first-order valence-electron chi connectivity index (χ1n) is 9.69. The van der Waals surface area contributed by atoms with Gasteiger partial charge in [0.2, 0.25) is 5.91 Å². The van der Waals surface area contributed by atoms with E-state index in [9.17, 15) is 9.59 Å². The number of nitrogens with one attached hydrogen (secondary N) is 1. The third-order valence-electron chi connectivity index (χ3n) is 4.73. The van der Waals surface area contributed by atoms with Gasteiger partial charge >= 0.3 is 5.97 Å². The van der Waals surface area contributed by atoms with Gasteiger partial charge in [0.15, 0.2) is 0 Å². The molecule has 1 amide bonds. The fourth-order valence-electron chi connectivity index (χ4n) is 3.00. The molecule has 0 aromatic carbocycles. The van der Waals surface area contributed by atoms with Crippen molar-refractivity contribution in [3.05, 3.63) is 35.3 Å². The van der Waals surface area contributed by atoms with Crippen molar-refractivity contribution in [2.75, 3.05) is 5.75 Å². The van der Waals surface area contributed by atoms with Crippen LogP contribution in [0.1, 0.15) is 65.2 Å². The monoisotopic (exact) mass is 377 g/mol. The maximum atomic E-state index is 12.4. The molecule has 1 saturated heterocycles. The maximum absolute atomic E-state index is 12.4. The van der Waals surface area contributed by atoms with Gasteiger partial charge in [-0.2, -0.15) is 0 Å². The van der Waals surface area contributed by atoms with Crippen molar-refractivity contribution < 1.29 is 14.3 Å². The van der Waals surface area contributed by atoms with Crippen LogP contribution in [-0.2, 0) is 14.3 Å². The van der Waals surface area contributed by atoms with E-state index in [2.05, 4.69) is 42.6 Å². The van der Waals surface area contributed by atoms with Gasteiger partial charge in [0, 0.05) is 12.2 Å². The van der Waals surface area contributed by atoms with Gasteiger partial charge < -0.3 is 10.1 Å². The van der Waals surface area contributed by atoms with E-state index in [0.29, 0.717) is 19.3 Å². The minimum absolute atomic E-state index is 0.0690. The first-order valence-corrected chi connectivity index (χ1v) is 10.7. The zero-order valence-corrected chi connectivity index (χ0v) is 16.8. The Morgan fingerprint density at radius 3 is 2.92 bits per heavy atom. The fourth-order valence-corrected chi connectivity index (χ4v) is 4.02. The van der Waals surface area contributed by atoms with E-state index in [-0.39, 0.29) is 18.0 Å². The highest BCUT2D eigenvalue weighted by atomic mass is 32.2. The van der Waals surface area contributed by atoms with Gasteiger partial charge in [0.05, 0.1) is 0 Å². The smallest absolute Gasteiger partial charge is 0.331 e. The largest absolute Gasteiger partial charge is 0.460 e. The van der Waals surface area contributed by atoms with Gasteiger partial charge in [0.1, 0.15) is 11.6 Å². The standard InChI is InChI=1S/C21H31NO3S/c1-3-4-5-6-7-8-13-19(23)22-21(2)15-14-17(25-20(21)24)16-26-18-11-9-10-12-18/h6-7,9-11,17H,3-5,8,12-16H2,1-2H3,(H,22,23)/b7-6-/t17-,21-/m0/s1. The SMILES string of the molecule is CCCC/C=C\CCC(=O)N[C@@]1(C)CC[C@@H](CSC2=CC=CC2)OC1=O. The normalized spacial score (nSPS) is 25.4. The number of hydrogen-bond donors (Lipinski definition) is 1. The number of rotatable bonds is 10. The van der Waals surface area contributed by atoms with E-state index in [1.807, 2.05) is 0 Å². The van der Waals surface area contributed by atoms with E-state index < -0.39 is 5.54 Å². The van der Waals surface area contributed by atoms with E-state index in [1.165, 1.54) is 17.7 Å². The lowest BCUT2D eigenvalue weighted by molar-refractivity contribution is -0.163. The van der Waals surface area contributed by atoms with Crippen LogP contribution >= 0.6 is 11.8 Å². The topological polar surface area (TPSA) is 55.4 Å². The number of thioether (sulfide) groups is 1. The second-order valence-electron chi connectivity index (χ2n) is 7.17. The molecule has 1 N–H and O–H groups in total. The summed E-state index contributed by atoms with van der Waals surface area (Å²) in [7, 11) is 0. The van der Waals surface area contributed by atoms with Crippen molar-refractivity contribution in [3.63, 3.8) is 0 Å². The first kappa shape index (κ1) is 20.8. The summed E-state index contributed by atoms with van der Waals surface area (Å²) in [6.07, 6.45) is 17.3. The summed E-state index contributed by atoms with van der Waals surface area (Å²) in [5.41, 5.74) is -0.891. The van der Waals surface area contributed by atoms with Crippen LogP contribution in [0.5, 0.6) is 0 Å². The molecule has 0 aromatic heterocycles. The van der Waals surface area contributed by atoms with Crippen LogP contribution < -0.4 is 5.32 Å². The van der Waals surface area contributed by atoms with Crippen LogP contribution in [0.25, 0.3) is 0 Å². The molecule has 4 nitrogen and oxygen atoms in total. The van der Waals surface area contributed by atoms with Crippen molar-refractivity contribution >= 4 is 23.6 Å². The molecule has 2 aliphatic rings. The molecular weight excluding hydrogens is 346 g/mol. The third-order valence-corrected chi connectivity index (χ3v) is 5.94. The number of esters is 1. The Bertz CT molecular complexity index is 582. The molecule has 1 aliphatic carbocycles. The summed E-state index contributed by atoms with van der Waals surface area (Å²) in [5.74, 6) is 0.394. The lowest BCUT2D eigenvalue weighted by Crippen LogP contribution is -2.56. The predicted molar refractivity (Wildman–Crippen MR) is 108 cm³/mol. The summed E-state index contributed by atoms with van der Waals surface area (Å²) in [6.45, 7) is 3.94. The van der Waals surface area contributed by atoms with Gasteiger partial charge in [0.25, 0.3) is 0 Å². The predicted octanol–water partition coefficient (Wildman–Crippen LogP) is 4.67. The number of carbonyl (C=O) groups excluding carboxylic acids is 2. The molecule has 26 heavy (non-hydrogen) atoms. The average Bonchev–Trinajstić information content (AvgIpc) is 3.13. The minimum Gasteiger partial charge on any atom is -0.460 e. The molecule has 0 aromatic rings. The van der Waals surface area contributed by atoms with Crippen molar-refractivity contribution in [1.29, 1.82) is 0 Å². The van der Waals surface area contributed by atoms with Gasteiger partial charge in [-0.25, -0.2) is 4.79 Å². The van der Waals surface area contributed by atoms with Crippen LogP contribution in [0.4, 0.5) is 0 Å². The summed E-state index contributed by atoms with van der Waals surface area (Å²) in [4.78, 5) is 25.9. The number of carbonyl (C=O) groups is 2. The highest BCUT2D eigenvalue weighted by Gasteiger charge is 2.41. The molecule has 144 valence electrons. The Labute approximate surface area is 161 Å². The molecule has 0 bridgehead atoms. The van der Waals surface area contributed by atoms with Gasteiger partial charge in [-0.15, -0.1) is 11.8 Å². The number of ether oxygens (including phenoxy) is 1. The second kappa shape index (κ2) is 10.6. The second-order valence-corrected chi connectivity index (χ2v) is 8.32. The molecule has 0 saturated carbocycles. The van der Waals surface area contributed by atoms with Crippen molar-refractivity contribution in [2.24, 2.45) is 0 Å². The van der Waals surface area contributed by atoms with Crippen molar-refractivity contribution in [1.82, 2.24) is 5.32 Å². The van der Waals surface area contributed by atoms with Crippen LogP contribution in [0.15, 0.2) is 35.3 Å². The molecule has 5 heteroatoms. The average molecular weight is 378 g/mol. The summed E-state index contributed by atoms with van der Waals surface area (Å²) < 4.78 is 5.60. The maximum Gasteiger partial charge on any atom is 0.331 e. The molecule has 0 unspecified atom stereocenters. The van der Waals surface area contributed by atoms with Gasteiger partial charge in [-0.1, -0.05) is 50.1 Å². The summed E-state index contributed by atoms with van der Waals surface area (Å²) in [6, 6.07) is 0. The zero-order chi connectivity index (χ0) is 18.8. The molecule has 2 rings (SSSR count). The minimum atomic E-state index is -0.891. The highest BCUT2D eigenvalue weighted by Crippen LogP contribution is 2.30. The van der Waals surface area contributed by atoms with E-state index in [1.54, 1.807) is 18.7 Å². The quantitative estimate of drug-likeness (QED) is 0.341. The van der Waals surface area contributed by atoms with Crippen LogP contribution in [0.2, 0.25) is 0 Å². The van der Waals surface area contributed by atoms with E-state index >= 15 is 0 Å². The first-order chi connectivity index (χ1) is 12.5. The van der Waals surface area contributed by atoms with Crippen molar-refractivity contribution in [3.8, 4) is 0 Å². The third kappa shape index (κ3) is 6.67. The molecule has 1 fully saturated rings. The van der Waals surface area contributed by atoms with Crippen LogP contribution in [0, 0.1) is 0 Å². The van der Waals surface area contributed by atoms with Gasteiger partial charge in [-0.05, 0) is 43.9 Å². The molecular formula is C21H31NO3S. The van der Waals surface area contributed by atoms with E-state index in [4.69, 9.17) is 4.74 Å². The highest BCUT2D eigenvalue weighted by molar-refractivity contribution is 8.03. The molecule has 1 heterocycles.